The number of carbonyl (C=O) groups excluding carboxylic acids is 2. The fourth-order valence-corrected chi connectivity index (χ4v) is 4.78. The molecule has 0 aromatic rings. The van der Waals surface area contributed by atoms with Crippen LogP contribution in [0.1, 0.15) is 65.7 Å². The molecule has 6 heteroatoms. The number of carbonyl (C=O) groups is 2. The summed E-state index contributed by atoms with van der Waals surface area (Å²) in [7, 11) is 0. The first-order valence-corrected chi connectivity index (χ1v) is 11.1. The van der Waals surface area contributed by atoms with E-state index >= 15 is 0 Å². The van der Waals surface area contributed by atoms with Crippen LogP contribution in [0.25, 0.3) is 0 Å². The van der Waals surface area contributed by atoms with Gasteiger partial charge in [0.25, 0.3) is 0 Å². The van der Waals surface area contributed by atoms with Gasteiger partial charge in [0, 0.05) is 12.5 Å². The standard InChI is InChI=1S/C23H36O6/c1-23(2,3)29-21(25)15-26-11-9-16-7-8-18-17(12-16)13-20(19(18)14-24)28-22-6-4-5-10-27-22/h12,14,17-20,22H,4-11,13,15H2,1-3H3/t17-,18-,19+,20+,22?/m0/s1. The predicted molar refractivity (Wildman–Crippen MR) is 108 cm³/mol. The molecule has 0 spiro atoms. The maximum Gasteiger partial charge on any atom is 0.332 e. The van der Waals surface area contributed by atoms with Gasteiger partial charge >= 0.3 is 5.97 Å². The van der Waals surface area contributed by atoms with Crippen molar-refractivity contribution in [2.24, 2.45) is 17.8 Å². The quantitative estimate of drug-likeness (QED) is 0.263. The van der Waals surface area contributed by atoms with E-state index < -0.39 is 5.60 Å². The van der Waals surface area contributed by atoms with Gasteiger partial charge in [-0.25, -0.2) is 4.79 Å². The van der Waals surface area contributed by atoms with Gasteiger partial charge in [0.2, 0.25) is 0 Å². The third-order valence-electron chi connectivity index (χ3n) is 6.06. The largest absolute Gasteiger partial charge is 0.458 e. The van der Waals surface area contributed by atoms with Gasteiger partial charge in [-0.2, -0.15) is 0 Å². The normalized spacial score (nSPS) is 32.4. The lowest BCUT2D eigenvalue weighted by Crippen LogP contribution is -2.32. The Morgan fingerprint density at radius 3 is 2.79 bits per heavy atom. The van der Waals surface area contributed by atoms with Crippen molar-refractivity contribution in [3.05, 3.63) is 11.6 Å². The fraction of sp³-hybridized carbons (Fsp3) is 0.826. The van der Waals surface area contributed by atoms with Gasteiger partial charge in [0.05, 0.1) is 12.7 Å². The summed E-state index contributed by atoms with van der Waals surface area (Å²) in [6, 6.07) is 0. The minimum Gasteiger partial charge on any atom is -0.458 e. The molecule has 0 amide bonds. The highest BCUT2D eigenvalue weighted by molar-refractivity contribution is 5.71. The van der Waals surface area contributed by atoms with E-state index in [1.165, 1.54) is 5.57 Å². The fourth-order valence-electron chi connectivity index (χ4n) is 4.78. The number of hydrogen-bond acceptors (Lipinski definition) is 6. The maximum atomic E-state index is 11.8. The summed E-state index contributed by atoms with van der Waals surface area (Å²) in [4.78, 5) is 23.5. The molecule has 29 heavy (non-hydrogen) atoms. The second kappa shape index (κ2) is 10.2. The molecule has 0 aromatic carbocycles. The lowest BCUT2D eigenvalue weighted by atomic mass is 9.79. The molecule has 0 radical (unpaired) electrons. The van der Waals surface area contributed by atoms with Crippen LogP contribution in [0, 0.1) is 17.8 Å². The lowest BCUT2D eigenvalue weighted by molar-refractivity contribution is -0.194. The highest BCUT2D eigenvalue weighted by atomic mass is 16.7. The average molecular weight is 409 g/mol. The van der Waals surface area contributed by atoms with Crippen LogP contribution in [0.2, 0.25) is 0 Å². The van der Waals surface area contributed by atoms with Crippen molar-refractivity contribution in [1.82, 2.24) is 0 Å². The van der Waals surface area contributed by atoms with Crippen LogP contribution in [0.3, 0.4) is 0 Å². The molecule has 3 rings (SSSR count). The van der Waals surface area contributed by atoms with Gasteiger partial charge in [0.15, 0.2) is 6.29 Å². The van der Waals surface area contributed by atoms with Crippen molar-refractivity contribution < 1.29 is 28.5 Å². The van der Waals surface area contributed by atoms with E-state index in [1.807, 2.05) is 20.8 Å². The molecule has 1 unspecified atom stereocenters. The molecule has 1 saturated heterocycles. The summed E-state index contributed by atoms with van der Waals surface area (Å²) >= 11 is 0. The second-order valence-corrected chi connectivity index (χ2v) is 9.50. The molecule has 6 nitrogen and oxygen atoms in total. The topological polar surface area (TPSA) is 71.1 Å². The van der Waals surface area contributed by atoms with Crippen molar-refractivity contribution in [2.75, 3.05) is 19.8 Å². The van der Waals surface area contributed by atoms with Crippen LogP contribution in [-0.2, 0) is 28.5 Å². The highest BCUT2D eigenvalue weighted by Crippen LogP contribution is 2.46. The van der Waals surface area contributed by atoms with Crippen molar-refractivity contribution in [3.8, 4) is 0 Å². The monoisotopic (exact) mass is 408 g/mol. The van der Waals surface area contributed by atoms with Gasteiger partial charge in [-0.15, -0.1) is 0 Å². The molecular formula is C23H36O6. The van der Waals surface area contributed by atoms with E-state index in [9.17, 15) is 9.59 Å². The van der Waals surface area contributed by atoms with E-state index in [4.69, 9.17) is 18.9 Å². The summed E-state index contributed by atoms with van der Waals surface area (Å²) in [5.41, 5.74) is 0.870. The van der Waals surface area contributed by atoms with Crippen LogP contribution in [-0.4, -0.2) is 50.1 Å². The van der Waals surface area contributed by atoms with Gasteiger partial charge in [-0.05, 0) is 77.6 Å². The Labute approximate surface area is 174 Å². The van der Waals surface area contributed by atoms with E-state index in [1.54, 1.807) is 0 Å². The van der Waals surface area contributed by atoms with Crippen molar-refractivity contribution in [3.63, 3.8) is 0 Å². The van der Waals surface area contributed by atoms with Crippen LogP contribution < -0.4 is 0 Å². The number of hydrogen-bond donors (Lipinski definition) is 0. The Kier molecular flexibility index (Phi) is 7.88. The molecule has 2 aliphatic carbocycles. The third-order valence-corrected chi connectivity index (χ3v) is 6.06. The Hall–Kier alpha value is -1.24. The van der Waals surface area contributed by atoms with E-state index in [0.717, 1.165) is 57.8 Å². The molecule has 0 bridgehead atoms. The number of ether oxygens (including phenoxy) is 4. The molecule has 3 aliphatic rings. The molecular weight excluding hydrogens is 372 g/mol. The molecule has 2 fully saturated rings. The summed E-state index contributed by atoms with van der Waals surface area (Å²) in [6.45, 7) is 6.79. The molecule has 1 saturated carbocycles. The van der Waals surface area contributed by atoms with Crippen LogP contribution in [0.5, 0.6) is 0 Å². The van der Waals surface area contributed by atoms with E-state index in [-0.39, 0.29) is 30.9 Å². The zero-order chi connectivity index (χ0) is 20.9. The number of allylic oxidation sites excluding steroid dienone is 1. The van der Waals surface area contributed by atoms with Gasteiger partial charge in [0.1, 0.15) is 18.5 Å². The number of rotatable bonds is 8. The SMILES string of the molecule is CC(C)(C)OC(=O)COCCC1=C[C@H]2C[C@@H](OC3CCCCO3)[C@H](C=O)[C@H]2CC1. The number of fused-ring (bicyclic) bond motifs is 1. The lowest BCUT2D eigenvalue weighted by Gasteiger charge is -2.29. The molecule has 0 aromatic heterocycles. The van der Waals surface area contributed by atoms with Crippen LogP contribution >= 0.6 is 0 Å². The summed E-state index contributed by atoms with van der Waals surface area (Å²) in [5, 5.41) is 0. The average Bonchev–Trinajstić information content (AvgIpc) is 3.00. The van der Waals surface area contributed by atoms with Crippen molar-refractivity contribution >= 4 is 12.3 Å². The summed E-state index contributed by atoms with van der Waals surface area (Å²) < 4.78 is 22.7. The maximum absolute atomic E-state index is 11.8. The zero-order valence-electron chi connectivity index (χ0n) is 18.1. The Bertz CT molecular complexity index is 587. The molecule has 164 valence electrons. The number of aldehydes is 1. The molecule has 5 atom stereocenters. The Morgan fingerprint density at radius 2 is 2.10 bits per heavy atom. The van der Waals surface area contributed by atoms with Crippen molar-refractivity contribution in [1.29, 1.82) is 0 Å². The summed E-state index contributed by atoms with van der Waals surface area (Å²) in [5.74, 6) is 0.386. The first-order chi connectivity index (χ1) is 13.9. The van der Waals surface area contributed by atoms with E-state index in [2.05, 4.69) is 6.08 Å². The Balaban J connectivity index is 1.45. The summed E-state index contributed by atoms with van der Waals surface area (Å²) in [6.07, 6.45) is 10.1. The van der Waals surface area contributed by atoms with Gasteiger partial charge < -0.3 is 23.7 Å². The third kappa shape index (κ3) is 6.63. The van der Waals surface area contributed by atoms with Crippen LogP contribution in [0.4, 0.5) is 0 Å². The Morgan fingerprint density at radius 1 is 1.28 bits per heavy atom. The highest BCUT2D eigenvalue weighted by Gasteiger charge is 2.45. The first kappa shape index (κ1) is 22.4. The second-order valence-electron chi connectivity index (χ2n) is 9.50. The minimum atomic E-state index is -0.486. The predicted octanol–water partition coefficient (Wildman–Crippen LogP) is 3.82. The van der Waals surface area contributed by atoms with E-state index in [0.29, 0.717) is 18.4 Å². The minimum absolute atomic E-state index is 0.0128. The number of esters is 1. The first-order valence-electron chi connectivity index (χ1n) is 11.1. The van der Waals surface area contributed by atoms with Crippen LogP contribution in [0.15, 0.2) is 11.6 Å². The molecule has 1 aliphatic heterocycles. The van der Waals surface area contributed by atoms with Gasteiger partial charge in [-0.3, -0.25) is 0 Å². The molecule has 1 heterocycles. The van der Waals surface area contributed by atoms with Crippen molar-refractivity contribution in [2.45, 2.75) is 83.7 Å². The zero-order valence-corrected chi connectivity index (χ0v) is 18.1. The van der Waals surface area contributed by atoms with Gasteiger partial charge in [-0.1, -0.05) is 11.6 Å². The molecule has 0 N–H and O–H groups in total. The smallest absolute Gasteiger partial charge is 0.332 e.